The van der Waals surface area contributed by atoms with Gasteiger partial charge in [0.1, 0.15) is 31.1 Å². The number of aliphatic carboxylic acids is 1. The van der Waals surface area contributed by atoms with Crippen LogP contribution in [0, 0.1) is 116 Å². The summed E-state index contributed by atoms with van der Waals surface area (Å²) in [7, 11) is 0.672. The molecule has 10 unspecified atom stereocenters. The van der Waals surface area contributed by atoms with E-state index in [-0.39, 0.29) is 107 Å². The summed E-state index contributed by atoms with van der Waals surface area (Å²) in [5.41, 5.74) is 9.60. The summed E-state index contributed by atoms with van der Waals surface area (Å²) < 4.78 is 21.4. The van der Waals surface area contributed by atoms with Crippen LogP contribution >= 0.6 is 54.0 Å². The molecular formula is C90H139N5O13S4Si. The lowest BCUT2D eigenvalue weighted by molar-refractivity contribution is -0.138. The van der Waals surface area contributed by atoms with Crippen molar-refractivity contribution < 1.29 is 62.4 Å². The Hall–Kier alpha value is -4.42. The van der Waals surface area contributed by atoms with Crippen LogP contribution in [0.15, 0.2) is 60.7 Å². The van der Waals surface area contributed by atoms with Crippen LogP contribution in [0.1, 0.15) is 231 Å². The fourth-order valence-electron chi connectivity index (χ4n) is 28.6. The number of carboxylic acids is 1. The number of carboxylic acid groups (broad SMARTS) is 1. The molecule has 0 radical (unpaired) electrons. The van der Waals surface area contributed by atoms with Gasteiger partial charge in [0.05, 0.1) is 18.7 Å². The zero-order valence-corrected chi connectivity index (χ0v) is 74.0. The van der Waals surface area contributed by atoms with Crippen LogP contribution in [0.4, 0.5) is 19.2 Å². The second kappa shape index (κ2) is 35.9. The molecule has 22 aliphatic rings. The number of ether oxygens (including phenoxy) is 4. The highest BCUT2D eigenvalue weighted by Crippen LogP contribution is 2.71. The summed E-state index contributed by atoms with van der Waals surface area (Å²) in [5, 5.41) is 11.6. The van der Waals surface area contributed by atoms with E-state index in [1.165, 1.54) is 164 Å². The Morgan fingerprint density at radius 1 is 0.566 bits per heavy atom. The number of carbonyl (C=O) groups excluding carboxylic acids is 7. The molecule has 20 aliphatic carbocycles. The first-order chi connectivity index (χ1) is 51.9. The molecular weight excluding hydrogens is 1520 g/mol. The lowest BCUT2D eigenvalue weighted by Crippen LogP contribution is -2.54. The van der Waals surface area contributed by atoms with Crippen molar-refractivity contribution in [3.8, 4) is 0 Å². The molecule has 2 aromatic carbocycles. The van der Waals surface area contributed by atoms with E-state index < -0.39 is 44.0 Å². The number of amides is 6. The topological polar surface area (TPSA) is 241 Å². The number of benzene rings is 2. The van der Waals surface area contributed by atoms with Crippen molar-refractivity contribution in [3.63, 3.8) is 0 Å². The number of likely N-dealkylation sites (N-methyl/N-ethyl adjacent to an activating group) is 1. The molecule has 20 saturated carbocycles. The third kappa shape index (κ3) is 19.7. The number of nitrogens with two attached hydrogens (primary N) is 1. The summed E-state index contributed by atoms with van der Waals surface area (Å²) in [6.45, 7) is 13.9. The second-order valence-electron chi connectivity index (χ2n) is 41.9. The molecule has 630 valence electrons. The minimum Gasteiger partial charge on any atom is -0.481 e. The molecule has 2 saturated heterocycles. The SMILES string of the molecule is CC(C)(C)OC(=O)N[C@@H](CC12CC3CC(CC1C3)C2)C(=O)N1C(=O)OC[C@@H]1Cc1ccccc1.CN(C[C@@H](N)CC12CC3CC(CC1C3)C2)C(=O)OCC[Si](C)(C)C.O=C(CCC12CC3CC(CC1C3)C2)N1C(=O)OC[C@@H]1Cc1ccccc1.O=C(O)CCC12CC3CC(CC1C3)C2.O=CC12CC3CC(CC1C3)C2.S.S.S.S. The molecule has 23 heteroatoms. The van der Waals surface area contributed by atoms with E-state index in [4.69, 9.17) is 29.8 Å². The Balaban J connectivity index is 0.000000144. The number of imide groups is 2. The molecule has 2 heterocycles. The highest BCUT2D eigenvalue weighted by atomic mass is 32.1. The van der Waals surface area contributed by atoms with Crippen LogP contribution in [-0.4, -0.2) is 140 Å². The minimum absolute atomic E-state index is 0. The van der Waals surface area contributed by atoms with Gasteiger partial charge in [0.2, 0.25) is 5.91 Å². The number of cyclic esters (lactones) is 2. The van der Waals surface area contributed by atoms with Gasteiger partial charge in [-0.1, -0.05) is 80.3 Å². The van der Waals surface area contributed by atoms with Crippen LogP contribution in [0.25, 0.3) is 0 Å². The molecule has 6 amide bonds. The first-order valence-electron chi connectivity index (χ1n) is 43.3. The molecule has 20 bridgehead atoms. The van der Waals surface area contributed by atoms with Crippen LogP contribution in [0.2, 0.25) is 25.7 Å². The zero-order valence-electron chi connectivity index (χ0n) is 69.0. The van der Waals surface area contributed by atoms with Gasteiger partial charge in [0.15, 0.2) is 0 Å². The molecule has 113 heavy (non-hydrogen) atoms. The number of carbonyl (C=O) groups is 8. The average Bonchev–Trinajstić information content (AvgIpc) is 1.60. The lowest BCUT2D eigenvalue weighted by Gasteiger charge is -2.37. The van der Waals surface area contributed by atoms with E-state index in [9.17, 15) is 38.4 Å². The first kappa shape index (κ1) is 89.4. The number of alkyl carbamates (subject to hydrolysis) is 1. The van der Waals surface area contributed by atoms with Crippen LogP contribution in [0.5, 0.6) is 0 Å². The Morgan fingerprint density at radius 3 is 1.35 bits per heavy atom. The minimum atomic E-state index is -1.15. The summed E-state index contributed by atoms with van der Waals surface area (Å²) in [5.74, 6) is 12.0. The quantitative estimate of drug-likeness (QED) is 0.0564. The van der Waals surface area contributed by atoms with Crippen molar-refractivity contribution >= 4 is 110 Å². The van der Waals surface area contributed by atoms with Gasteiger partial charge >= 0.3 is 30.3 Å². The van der Waals surface area contributed by atoms with E-state index in [1.54, 1.807) is 25.7 Å². The maximum atomic E-state index is 13.9. The number of nitrogens with one attached hydrogen (secondary N) is 1. The number of nitrogens with zero attached hydrogens (tertiary/aromatic N) is 3. The van der Waals surface area contributed by atoms with Gasteiger partial charge < -0.3 is 44.8 Å². The van der Waals surface area contributed by atoms with E-state index in [0.29, 0.717) is 74.0 Å². The third-order valence-electron chi connectivity index (χ3n) is 31.8. The predicted octanol–water partition coefficient (Wildman–Crippen LogP) is 17.9. The highest BCUT2D eigenvalue weighted by Gasteiger charge is 2.63. The number of aldehydes is 1. The van der Waals surface area contributed by atoms with E-state index in [1.807, 2.05) is 67.7 Å². The fraction of sp³-hybridized carbons (Fsp3) is 0.778. The van der Waals surface area contributed by atoms with Gasteiger partial charge in [-0.05, 0) is 347 Å². The highest BCUT2D eigenvalue weighted by molar-refractivity contribution is 7.59. The van der Waals surface area contributed by atoms with Crippen LogP contribution in [0.3, 0.4) is 0 Å². The Morgan fingerprint density at radius 2 is 0.947 bits per heavy atom. The van der Waals surface area contributed by atoms with Crippen molar-refractivity contribution in [2.45, 2.75) is 288 Å². The molecule has 2 aromatic rings. The number of hydrogen-bond donors (Lipinski definition) is 3. The Labute approximate surface area is 703 Å². The molecule has 2 aliphatic heterocycles. The smallest absolute Gasteiger partial charge is 0.417 e. The molecule has 0 spiro atoms. The first-order valence-corrected chi connectivity index (χ1v) is 47.0. The molecule has 14 atom stereocenters. The zero-order chi connectivity index (χ0) is 76.6. The van der Waals surface area contributed by atoms with E-state index in [2.05, 4.69) is 25.0 Å². The van der Waals surface area contributed by atoms with Gasteiger partial charge in [-0.2, -0.15) is 54.0 Å². The summed E-state index contributed by atoms with van der Waals surface area (Å²) in [6.07, 6.45) is 38.6. The van der Waals surface area contributed by atoms with Gasteiger partial charge in [-0.25, -0.2) is 29.0 Å². The second-order valence-corrected chi connectivity index (χ2v) is 47.5. The third-order valence-corrected chi connectivity index (χ3v) is 33.5. The number of rotatable bonds is 22. The summed E-state index contributed by atoms with van der Waals surface area (Å²) >= 11 is 0. The molecule has 18 nitrogen and oxygen atoms in total. The Kier molecular flexibility index (Phi) is 28.4. The summed E-state index contributed by atoms with van der Waals surface area (Å²) in [6, 6.07) is 19.6. The van der Waals surface area contributed by atoms with Crippen LogP contribution in [-0.2, 0) is 51.0 Å². The molecule has 22 fully saturated rings. The average molecular weight is 1660 g/mol. The standard InChI is InChI=1S/C27H36N2O5.C22H27NO3.C19H36N2O2Si.C12H18O2.C10H14O.4H2S/c1-26(2,3)34-24(31)28-22(15-27-13-18-9-19(14-27)11-20(27)10-18)23(30)29-21(16-33-25(29)32)12-17-7-5-4-6-8-17;24-20(6-7-22-12-16-8-17(13-22)10-18(22)9-16)23-19(14-26-21(23)25)11-15-4-2-1-3-5-15;1-21(18(22)23-5-6-24(2,3)4)13-17(20)12-19-10-14-7-15(11-19)9-16(19)8-14;13-11(14)1-2-12-6-8-3-9(7-12)5-10(12)4-8;11-6-10-4-7-1-8(5-10)3-9(10)2-7;;;;/h4-8,18-22H,9-16H2,1-3H3,(H,28,31);1-5,16-19H,6-14H2;14-17H,5-13,20H2,1-4H3;8-10H,1-7H2,(H,13,14);6-9H,1-5H2;4*1H2/t18?,19?,20?,21-,22-,27?;16?,17?,18?,19-,22?;14?,15?,16?,17-,19?;;;;;;/m000....../s1. The van der Waals surface area contributed by atoms with Gasteiger partial charge in [0.25, 0.3) is 5.91 Å². The lowest BCUT2D eigenvalue weighted by atomic mass is 9.71. The molecule has 4 N–H and O–H groups in total. The number of hydrogen-bond acceptors (Lipinski definition) is 13. The largest absolute Gasteiger partial charge is 0.481 e. The Bertz CT molecular complexity index is 3610. The fourth-order valence-corrected chi connectivity index (χ4v) is 29.3. The monoisotopic (exact) mass is 1650 g/mol. The van der Waals surface area contributed by atoms with Crippen molar-refractivity contribution in [2.24, 2.45) is 122 Å². The van der Waals surface area contributed by atoms with Gasteiger partial charge in [0, 0.05) is 46.0 Å². The van der Waals surface area contributed by atoms with Crippen molar-refractivity contribution in [2.75, 3.05) is 33.4 Å². The van der Waals surface area contributed by atoms with Crippen LogP contribution < -0.4 is 11.1 Å². The maximum Gasteiger partial charge on any atom is 0.417 e. The van der Waals surface area contributed by atoms with Crippen molar-refractivity contribution in [1.82, 2.24) is 20.0 Å². The maximum absolute atomic E-state index is 13.9. The van der Waals surface area contributed by atoms with E-state index >= 15 is 0 Å². The molecule has 0 aromatic heterocycles. The molecule has 24 rings (SSSR count). The van der Waals surface area contributed by atoms with Gasteiger partial charge in [-0.15, -0.1) is 0 Å². The van der Waals surface area contributed by atoms with Gasteiger partial charge in [-0.3, -0.25) is 14.4 Å². The van der Waals surface area contributed by atoms with Crippen molar-refractivity contribution in [3.05, 3.63) is 71.8 Å². The summed E-state index contributed by atoms with van der Waals surface area (Å²) in [4.78, 5) is 103. The predicted molar refractivity (Wildman–Crippen MR) is 460 cm³/mol. The van der Waals surface area contributed by atoms with E-state index in [0.717, 1.165) is 132 Å². The van der Waals surface area contributed by atoms with Crippen molar-refractivity contribution in [1.29, 1.82) is 0 Å². The normalized spacial score (nSPS) is 37.6.